The number of carbonyl (C=O) groups is 6. The Morgan fingerprint density at radius 1 is 0.615 bits per heavy atom. The molecule has 0 aromatic heterocycles. The number of nitrogens with zero attached hydrogens (tertiary/aromatic N) is 4. The van der Waals surface area contributed by atoms with Gasteiger partial charge >= 0.3 is 12.1 Å². The summed E-state index contributed by atoms with van der Waals surface area (Å²) in [7, 11) is 0. The maximum Gasteiger partial charge on any atom is 0.335 e. The maximum absolute atomic E-state index is 12.8. The fourth-order valence-corrected chi connectivity index (χ4v) is 4.00. The van der Waals surface area contributed by atoms with Crippen molar-refractivity contribution in [2.24, 2.45) is 5.92 Å². The molecule has 0 spiro atoms. The molecule has 2 heterocycles. The predicted molar refractivity (Wildman–Crippen MR) is 87.1 cm³/mol. The van der Waals surface area contributed by atoms with Gasteiger partial charge in [0, 0.05) is 45.7 Å². The third-order valence-corrected chi connectivity index (χ3v) is 4.98. The Hall–Kier alpha value is -2.78. The molecule has 2 rings (SSSR count). The lowest BCUT2D eigenvalue weighted by molar-refractivity contribution is -0.158. The highest BCUT2D eigenvalue weighted by atomic mass is 16.2. The van der Waals surface area contributed by atoms with Crippen LogP contribution in [0.4, 0.5) is 9.59 Å². The zero-order chi connectivity index (χ0) is 20.1. The molecular formula is C16H22N4O6. The number of carbonyl (C=O) groups excluding carboxylic acids is 6. The molecule has 0 N–H and O–H groups in total. The summed E-state index contributed by atoms with van der Waals surface area (Å²) in [4.78, 5) is 77.2. The molecule has 2 aliphatic heterocycles. The summed E-state index contributed by atoms with van der Waals surface area (Å²) in [6.07, 6.45) is -1.19. The molecule has 2 atom stereocenters. The number of rotatable bonds is 0. The first-order valence-corrected chi connectivity index (χ1v) is 8.20. The van der Waals surface area contributed by atoms with Crippen molar-refractivity contribution in [1.29, 1.82) is 0 Å². The summed E-state index contributed by atoms with van der Waals surface area (Å²) in [5, 5.41) is 0. The van der Waals surface area contributed by atoms with E-state index in [0.717, 1.165) is 33.4 Å². The molecule has 10 heteroatoms. The molecule has 0 aliphatic carbocycles. The van der Waals surface area contributed by atoms with E-state index < -0.39 is 59.9 Å². The second kappa shape index (κ2) is 6.50. The molecule has 2 fully saturated rings. The van der Waals surface area contributed by atoms with Crippen LogP contribution >= 0.6 is 0 Å². The average molecular weight is 366 g/mol. The summed E-state index contributed by atoms with van der Waals surface area (Å²) in [5.41, 5.74) is 0. The lowest BCUT2D eigenvalue weighted by Crippen LogP contribution is -2.78. The summed E-state index contributed by atoms with van der Waals surface area (Å²) < 4.78 is 0. The Kier molecular flexibility index (Phi) is 4.89. The van der Waals surface area contributed by atoms with Crippen molar-refractivity contribution >= 4 is 35.7 Å². The standard InChI is InChI=1S/C16H22N4O6/c1-7-13-8(2)18(10(4)22)16(26)20(12(6)24)14(13)19(11(5)23)15(25)17(7)9(3)21/h7-8,13-14H,1-6H3. The van der Waals surface area contributed by atoms with Crippen LogP contribution in [-0.4, -0.2) is 73.5 Å². The molecule has 10 nitrogen and oxygen atoms in total. The molecule has 0 saturated carbocycles. The minimum atomic E-state index is -1.19. The fourth-order valence-electron chi connectivity index (χ4n) is 4.00. The van der Waals surface area contributed by atoms with E-state index in [2.05, 4.69) is 0 Å². The largest absolute Gasteiger partial charge is 0.335 e. The second-order valence-electron chi connectivity index (χ2n) is 6.59. The smallest absolute Gasteiger partial charge is 0.275 e. The zero-order valence-electron chi connectivity index (χ0n) is 15.5. The van der Waals surface area contributed by atoms with Gasteiger partial charge in [0.05, 0.1) is 0 Å². The Balaban J connectivity index is 2.72. The Labute approximate surface area is 150 Å². The summed E-state index contributed by atoms with van der Waals surface area (Å²) in [6, 6.07) is -3.23. The van der Waals surface area contributed by atoms with E-state index in [1.165, 1.54) is 13.8 Å². The van der Waals surface area contributed by atoms with Crippen molar-refractivity contribution in [3.8, 4) is 0 Å². The van der Waals surface area contributed by atoms with Crippen molar-refractivity contribution in [2.75, 3.05) is 0 Å². The van der Waals surface area contributed by atoms with Gasteiger partial charge in [-0.1, -0.05) is 0 Å². The molecule has 26 heavy (non-hydrogen) atoms. The van der Waals surface area contributed by atoms with Gasteiger partial charge in [-0.3, -0.25) is 29.0 Å². The molecule has 0 aromatic rings. The van der Waals surface area contributed by atoms with Gasteiger partial charge in [0.2, 0.25) is 23.6 Å². The van der Waals surface area contributed by atoms with Crippen LogP contribution in [0.1, 0.15) is 41.5 Å². The van der Waals surface area contributed by atoms with Crippen LogP contribution in [0.5, 0.6) is 0 Å². The zero-order valence-corrected chi connectivity index (χ0v) is 15.5. The second-order valence-corrected chi connectivity index (χ2v) is 6.59. The first-order valence-electron chi connectivity index (χ1n) is 8.20. The number of imide groups is 4. The highest BCUT2D eigenvalue weighted by Gasteiger charge is 2.59. The van der Waals surface area contributed by atoms with Gasteiger partial charge < -0.3 is 0 Å². The monoisotopic (exact) mass is 366 g/mol. The Morgan fingerprint density at radius 3 is 1.12 bits per heavy atom. The molecule has 0 bridgehead atoms. The fraction of sp³-hybridized carbons (Fsp3) is 0.625. The lowest BCUT2D eigenvalue weighted by atomic mass is 9.83. The van der Waals surface area contributed by atoms with Gasteiger partial charge in [0.1, 0.15) is 6.17 Å². The van der Waals surface area contributed by atoms with Crippen molar-refractivity contribution in [3.05, 3.63) is 0 Å². The van der Waals surface area contributed by atoms with Crippen LogP contribution in [0.15, 0.2) is 0 Å². The summed E-state index contributed by atoms with van der Waals surface area (Å²) in [6.45, 7) is 7.81. The van der Waals surface area contributed by atoms with Gasteiger partial charge in [-0.15, -0.1) is 0 Å². The van der Waals surface area contributed by atoms with Crippen LogP contribution in [-0.2, 0) is 19.2 Å². The number of amides is 8. The van der Waals surface area contributed by atoms with Gasteiger partial charge in [-0.25, -0.2) is 19.4 Å². The predicted octanol–water partition coefficient (Wildman–Crippen LogP) is 0.367. The Bertz CT molecular complexity index is 662. The first-order chi connectivity index (χ1) is 11.9. The minimum Gasteiger partial charge on any atom is -0.275 e. The van der Waals surface area contributed by atoms with E-state index in [1.54, 1.807) is 13.8 Å². The van der Waals surface area contributed by atoms with Crippen LogP contribution in [0.25, 0.3) is 0 Å². The lowest BCUT2D eigenvalue weighted by Gasteiger charge is -2.56. The van der Waals surface area contributed by atoms with Crippen molar-refractivity contribution in [3.63, 3.8) is 0 Å². The van der Waals surface area contributed by atoms with Gasteiger partial charge in [0.15, 0.2) is 0 Å². The number of hydrogen-bond acceptors (Lipinski definition) is 6. The molecule has 2 unspecified atom stereocenters. The third kappa shape index (κ3) is 2.65. The molecular weight excluding hydrogens is 344 g/mol. The Morgan fingerprint density at radius 2 is 0.885 bits per heavy atom. The van der Waals surface area contributed by atoms with Crippen molar-refractivity contribution in [1.82, 2.24) is 19.6 Å². The molecule has 0 radical (unpaired) electrons. The molecule has 142 valence electrons. The highest BCUT2D eigenvalue weighted by Crippen LogP contribution is 2.38. The van der Waals surface area contributed by atoms with E-state index in [9.17, 15) is 28.8 Å². The van der Waals surface area contributed by atoms with Crippen LogP contribution in [0, 0.1) is 5.92 Å². The first kappa shape index (κ1) is 19.5. The van der Waals surface area contributed by atoms with E-state index >= 15 is 0 Å². The van der Waals surface area contributed by atoms with Crippen molar-refractivity contribution < 1.29 is 28.8 Å². The van der Waals surface area contributed by atoms with Crippen LogP contribution in [0.2, 0.25) is 0 Å². The molecule has 2 aliphatic rings. The average Bonchev–Trinajstić information content (AvgIpc) is 2.44. The number of urea groups is 2. The van der Waals surface area contributed by atoms with Gasteiger partial charge in [-0.05, 0) is 13.8 Å². The summed E-state index contributed by atoms with van der Waals surface area (Å²) in [5.74, 6) is -3.25. The van der Waals surface area contributed by atoms with Crippen molar-refractivity contribution in [2.45, 2.75) is 59.8 Å². The normalized spacial score (nSPS) is 28.8. The van der Waals surface area contributed by atoms with E-state index in [-0.39, 0.29) is 0 Å². The third-order valence-electron chi connectivity index (χ3n) is 4.98. The molecule has 8 amide bonds. The topological polar surface area (TPSA) is 115 Å². The van der Waals surface area contributed by atoms with E-state index in [0.29, 0.717) is 0 Å². The maximum atomic E-state index is 12.8. The number of fused-ring (bicyclic) bond motifs is 1. The van der Waals surface area contributed by atoms with Crippen LogP contribution < -0.4 is 0 Å². The van der Waals surface area contributed by atoms with E-state index in [1.807, 2.05) is 0 Å². The minimum absolute atomic E-state index is 0.569. The molecule has 0 aromatic carbocycles. The molecule has 2 saturated heterocycles. The van der Waals surface area contributed by atoms with E-state index in [4.69, 9.17) is 0 Å². The number of hydrogen-bond donors (Lipinski definition) is 0. The van der Waals surface area contributed by atoms with Gasteiger partial charge in [-0.2, -0.15) is 0 Å². The highest BCUT2D eigenvalue weighted by molar-refractivity contribution is 6.06. The van der Waals surface area contributed by atoms with Crippen LogP contribution in [0.3, 0.4) is 0 Å². The van der Waals surface area contributed by atoms with Gasteiger partial charge in [0.25, 0.3) is 0 Å². The SMILES string of the molecule is CC(=O)N1C(=O)N(C(C)=O)C2C(C1C)C(C)N(C(C)=O)C(=O)N2C(C)=O. The summed E-state index contributed by atoms with van der Waals surface area (Å²) >= 11 is 0. The quantitative estimate of drug-likeness (QED) is 0.611.